The topological polar surface area (TPSA) is 85.1 Å². The van der Waals surface area contributed by atoms with Crippen LogP contribution in [0.2, 0.25) is 0 Å². The van der Waals surface area contributed by atoms with Crippen molar-refractivity contribution in [1.82, 2.24) is 20.2 Å². The Morgan fingerprint density at radius 2 is 2.00 bits per heavy atom. The van der Waals surface area contributed by atoms with Gasteiger partial charge in [-0.3, -0.25) is 0 Å². The molecule has 0 amide bonds. The van der Waals surface area contributed by atoms with Crippen molar-refractivity contribution in [3.05, 3.63) is 30.3 Å². The molecule has 1 aliphatic rings. The van der Waals surface area contributed by atoms with Gasteiger partial charge in [0.15, 0.2) is 0 Å². The quantitative estimate of drug-likeness (QED) is 0.850. The predicted octanol–water partition coefficient (Wildman–Crippen LogP) is 0.616. The molecule has 0 atom stereocenters. The number of aromatic nitrogens is 4. The predicted molar refractivity (Wildman–Crippen MR) is 72.6 cm³/mol. The van der Waals surface area contributed by atoms with Crippen molar-refractivity contribution in [2.24, 2.45) is 0 Å². The number of hydrogen-bond donors (Lipinski definition) is 2. The lowest BCUT2D eigenvalue weighted by Gasteiger charge is -2.32. The Morgan fingerprint density at radius 1 is 1.25 bits per heavy atom. The number of anilines is 1. The zero-order chi connectivity index (χ0) is 13.8. The fourth-order valence-electron chi connectivity index (χ4n) is 2.21. The third kappa shape index (κ3) is 2.78. The summed E-state index contributed by atoms with van der Waals surface area (Å²) >= 11 is 0. The van der Waals surface area contributed by atoms with Crippen molar-refractivity contribution in [3.63, 3.8) is 0 Å². The first-order valence-corrected chi connectivity index (χ1v) is 6.65. The van der Waals surface area contributed by atoms with Gasteiger partial charge in [-0.05, 0) is 22.6 Å². The molecule has 3 rings (SSSR count). The van der Waals surface area contributed by atoms with Crippen LogP contribution in [0.15, 0.2) is 30.3 Å². The molecule has 0 spiro atoms. The zero-order valence-electron chi connectivity index (χ0n) is 11.1. The van der Waals surface area contributed by atoms with Crippen LogP contribution in [0.1, 0.15) is 12.8 Å². The van der Waals surface area contributed by atoms with Crippen LogP contribution in [0.25, 0.3) is 5.69 Å². The van der Waals surface area contributed by atoms with Crippen LogP contribution >= 0.6 is 0 Å². The molecule has 1 saturated heterocycles. The number of nitrogens with one attached hydrogen (secondary N) is 1. The maximum Gasteiger partial charge on any atom is 0.247 e. The van der Waals surface area contributed by atoms with E-state index in [1.807, 2.05) is 30.3 Å². The van der Waals surface area contributed by atoms with E-state index in [4.69, 9.17) is 4.74 Å². The monoisotopic (exact) mass is 275 g/mol. The highest BCUT2D eigenvalue weighted by atomic mass is 16.5. The van der Waals surface area contributed by atoms with Crippen LogP contribution < -0.4 is 5.32 Å². The van der Waals surface area contributed by atoms with Gasteiger partial charge in [0.25, 0.3) is 0 Å². The third-order valence-electron chi connectivity index (χ3n) is 3.47. The van der Waals surface area contributed by atoms with Crippen LogP contribution in [0.4, 0.5) is 5.95 Å². The molecule has 0 saturated carbocycles. The molecule has 0 aliphatic carbocycles. The van der Waals surface area contributed by atoms with E-state index in [-0.39, 0.29) is 0 Å². The first-order valence-electron chi connectivity index (χ1n) is 6.65. The van der Waals surface area contributed by atoms with Crippen molar-refractivity contribution in [2.75, 3.05) is 25.1 Å². The third-order valence-corrected chi connectivity index (χ3v) is 3.47. The smallest absolute Gasteiger partial charge is 0.247 e. The van der Waals surface area contributed by atoms with Gasteiger partial charge in [-0.15, -0.1) is 0 Å². The summed E-state index contributed by atoms with van der Waals surface area (Å²) in [7, 11) is 0. The van der Waals surface area contributed by atoms with Crippen LogP contribution in [0, 0.1) is 0 Å². The van der Waals surface area contributed by atoms with Gasteiger partial charge in [0.1, 0.15) is 0 Å². The fraction of sp³-hybridized carbons (Fsp3) is 0.462. The second kappa shape index (κ2) is 5.56. The largest absolute Gasteiger partial charge is 0.388 e. The lowest BCUT2D eigenvalue weighted by atomic mass is 9.94. The molecule has 1 aliphatic heterocycles. The summed E-state index contributed by atoms with van der Waals surface area (Å²) in [5.74, 6) is 0.524. The minimum absolute atomic E-state index is 0.406. The highest BCUT2D eigenvalue weighted by Gasteiger charge is 2.30. The van der Waals surface area contributed by atoms with Crippen LogP contribution in [-0.2, 0) is 4.74 Å². The highest BCUT2D eigenvalue weighted by Crippen LogP contribution is 2.21. The van der Waals surface area contributed by atoms with Crippen LogP contribution in [0.5, 0.6) is 0 Å². The SMILES string of the molecule is OC1(CNc2nnnn2-c2ccccc2)CCOCC1. The Balaban J connectivity index is 1.71. The first kappa shape index (κ1) is 13.0. The van der Waals surface area contributed by atoms with Crippen molar-refractivity contribution in [3.8, 4) is 5.69 Å². The van der Waals surface area contributed by atoms with E-state index in [2.05, 4.69) is 20.8 Å². The lowest BCUT2D eigenvalue weighted by Crippen LogP contribution is -2.42. The maximum absolute atomic E-state index is 10.4. The molecule has 2 heterocycles. The highest BCUT2D eigenvalue weighted by molar-refractivity contribution is 5.38. The number of para-hydroxylation sites is 1. The number of aliphatic hydroxyl groups is 1. The average Bonchev–Trinajstić information content (AvgIpc) is 2.95. The van der Waals surface area contributed by atoms with E-state index < -0.39 is 5.60 Å². The van der Waals surface area contributed by atoms with Crippen molar-refractivity contribution >= 4 is 5.95 Å². The van der Waals surface area contributed by atoms with E-state index >= 15 is 0 Å². The second-order valence-electron chi connectivity index (χ2n) is 4.94. The summed E-state index contributed by atoms with van der Waals surface area (Å²) < 4.78 is 6.88. The maximum atomic E-state index is 10.4. The fourth-order valence-corrected chi connectivity index (χ4v) is 2.21. The van der Waals surface area contributed by atoms with Crippen molar-refractivity contribution in [1.29, 1.82) is 0 Å². The minimum Gasteiger partial charge on any atom is -0.388 e. The number of nitrogens with zero attached hydrogens (tertiary/aromatic N) is 4. The van der Waals surface area contributed by atoms with Crippen LogP contribution in [0.3, 0.4) is 0 Å². The van der Waals surface area contributed by atoms with E-state index in [1.165, 1.54) is 0 Å². The molecule has 0 bridgehead atoms. The van der Waals surface area contributed by atoms with E-state index in [0.717, 1.165) is 5.69 Å². The van der Waals surface area contributed by atoms with Gasteiger partial charge in [0.2, 0.25) is 5.95 Å². The van der Waals surface area contributed by atoms with Gasteiger partial charge in [-0.1, -0.05) is 23.3 Å². The van der Waals surface area contributed by atoms with Crippen molar-refractivity contribution < 1.29 is 9.84 Å². The first-order chi connectivity index (χ1) is 9.77. The van der Waals surface area contributed by atoms with Gasteiger partial charge in [0, 0.05) is 32.6 Å². The Morgan fingerprint density at radius 3 is 2.75 bits per heavy atom. The second-order valence-corrected chi connectivity index (χ2v) is 4.94. The molecule has 0 unspecified atom stereocenters. The Hall–Kier alpha value is -1.99. The molecule has 1 fully saturated rings. The molecule has 0 radical (unpaired) electrons. The summed E-state index contributed by atoms with van der Waals surface area (Å²) in [6.45, 7) is 1.58. The Bertz CT molecular complexity index is 551. The minimum atomic E-state index is -0.758. The zero-order valence-corrected chi connectivity index (χ0v) is 11.1. The molecule has 2 aromatic rings. The summed E-state index contributed by atoms with van der Waals surface area (Å²) in [5.41, 5.74) is 0.116. The van der Waals surface area contributed by atoms with Gasteiger partial charge in [-0.25, -0.2) is 0 Å². The molecular formula is C13H17N5O2. The summed E-state index contributed by atoms with van der Waals surface area (Å²) in [6.07, 6.45) is 1.24. The van der Waals surface area contributed by atoms with Gasteiger partial charge in [-0.2, -0.15) is 4.68 Å². The summed E-state index contributed by atoms with van der Waals surface area (Å²) in [4.78, 5) is 0. The molecule has 7 nitrogen and oxygen atoms in total. The van der Waals surface area contributed by atoms with E-state index in [0.29, 0.717) is 38.5 Å². The van der Waals surface area contributed by atoms with Crippen molar-refractivity contribution in [2.45, 2.75) is 18.4 Å². The van der Waals surface area contributed by atoms with E-state index in [9.17, 15) is 5.11 Å². The summed E-state index contributed by atoms with van der Waals surface area (Å²) in [6, 6.07) is 9.63. The summed E-state index contributed by atoms with van der Waals surface area (Å²) in [5, 5.41) is 25.1. The number of rotatable bonds is 4. The molecule has 20 heavy (non-hydrogen) atoms. The number of tetrazole rings is 1. The van der Waals surface area contributed by atoms with E-state index in [1.54, 1.807) is 4.68 Å². The number of hydrogen-bond acceptors (Lipinski definition) is 6. The normalized spacial score (nSPS) is 17.9. The number of ether oxygens (including phenoxy) is 1. The molecule has 2 N–H and O–H groups in total. The van der Waals surface area contributed by atoms with Gasteiger partial charge in [0.05, 0.1) is 11.3 Å². The standard InChI is InChI=1S/C13H17N5O2/c19-13(6-8-20-9-7-13)10-14-12-15-16-17-18(12)11-4-2-1-3-5-11/h1-5,19H,6-10H2,(H,14,15,17). The molecule has 1 aromatic carbocycles. The Labute approximate surface area is 116 Å². The van der Waals surface area contributed by atoms with Gasteiger partial charge < -0.3 is 15.2 Å². The Kier molecular flexibility index (Phi) is 3.62. The lowest BCUT2D eigenvalue weighted by molar-refractivity contribution is -0.0544. The van der Waals surface area contributed by atoms with Gasteiger partial charge >= 0.3 is 0 Å². The molecule has 106 valence electrons. The molecule has 1 aromatic heterocycles. The molecular weight excluding hydrogens is 258 g/mol. The van der Waals surface area contributed by atoms with Crippen LogP contribution in [-0.4, -0.2) is 50.7 Å². The molecule has 7 heteroatoms. The number of benzene rings is 1. The average molecular weight is 275 g/mol.